The quantitative estimate of drug-likeness (QED) is 0.799. The van der Waals surface area contributed by atoms with Crippen LogP contribution < -0.4 is 0 Å². The molecule has 0 spiro atoms. The highest BCUT2D eigenvalue weighted by atomic mass is 35.5. The normalized spacial score (nSPS) is 24.1. The third-order valence-electron chi connectivity index (χ3n) is 3.75. The first kappa shape index (κ1) is 13.4. The fraction of sp³-hybridized carbons (Fsp3) is 0.533. The Morgan fingerprint density at radius 1 is 1.22 bits per heavy atom. The summed E-state index contributed by atoms with van der Waals surface area (Å²) in [6.45, 7) is 4.30. The van der Waals surface area contributed by atoms with Gasteiger partial charge in [0.05, 0.1) is 6.42 Å². The van der Waals surface area contributed by atoms with E-state index in [0.29, 0.717) is 23.5 Å². The predicted octanol–water partition coefficient (Wildman–Crippen LogP) is 3.67. The highest BCUT2D eigenvalue weighted by molar-refractivity contribution is 6.30. The van der Waals surface area contributed by atoms with Crippen LogP contribution in [0.3, 0.4) is 0 Å². The van der Waals surface area contributed by atoms with Gasteiger partial charge in [0, 0.05) is 17.1 Å². The van der Waals surface area contributed by atoms with Gasteiger partial charge in [0.2, 0.25) is 5.91 Å². The van der Waals surface area contributed by atoms with Crippen molar-refractivity contribution in [2.24, 2.45) is 0 Å². The molecule has 1 saturated heterocycles. The SMILES string of the molecule is C[C@@H]1CCC[C@@H](C)N1C(=O)Cc1ccc(Cl)cc1. The molecule has 0 N–H and O–H groups in total. The number of rotatable bonds is 2. The number of hydrogen-bond donors (Lipinski definition) is 0. The van der Waals surface area contributed by atoms with E-state index >= 15 is 0 Å². The molecule has 18 heavy (non-hydrogen) atoms. The van der Waals surface area contributed by atoms with Gasteiger partial charge in [-0.15, -0.1) is 0 Å². The summed E-state index contributed by atoms with van der Waals surface area (Å²) in [5, 5.41) is 0.714. The summed E-state index contributed by atoms with van der Waals surface area (Å²) in [6, 6.07) is 8.28. The molecule has 0 saturated carbocycles. The fourth-order valence-electron chi connectivity index (χ4n) is 2.78. The van der Waals surface area contributed by atoms with E-state index in [1.807, 2.05) is 24.3 Å². The molecule has 2 atom stereocenters. The highest BCUT2D eigenvalue weighted by Crippen LogP contribution is 2.23. The molecule has 1 aliphatic heterocycles. The Balaban J connectivity index is 2.04. The maximum absolute atomic E-state index is 12.4. The lowest BCUT2D eigenvalue weighted by Crippen LogP contribution is -2.48. The fourth-order valence-corrected chi connectivity index (χ4v) is 2.91. The summed E-state index contributed by atoms with van der Waals surface area (Å²) in [4.78, 5) is 14.4. The molecule has 0 radical (unpaired) electrons. The lowest BCUT2D eigenvalue weighted by molar-refractivity contribution is -0.136. The lowest BCUT2D eigenvalue weighted by atomic mass is 9.96. The molecule has 1 amide bonds. The zero-order valence-corrected chi connectivity index (χ0v) is 11.8. The van der Waals surface area contributed by atoms with Crippen molar-refractivity contribution in [3.05, 3.63) is 34.9 Å². The van der Waals surface area contributed by atoms with Crippen LogP contribution in [-0.2, 0) is 11.2 Å². The molecule has 0 aliphatic carbocycles. The Hall–Kier alpha value is -1.02. The second-order valence-electron chi connectivity index (χ2n) is 5.23. The number of halogens is 1. The van der Waals surface area contributed by atoms with Crippen molar-refractivity contribution in [2.75, 3.05) is 0 Å². The van der Waals surface area contributed by atoms with E-state index in [2.05, 4.69) is 18.7 Å². The molecule has 98 valence electrons. The van der Waals surface area contributed by atoms with Crippen molar-refractivity contribution in [1.82, 2.24) is 4.90 Å². The van der Waals surface area contributed by atoms with Crippen LogP contribution in [0, 0.1) is 0 Å². The van der Waals surface area contributed by atoms with Crippen LogP contribution in [0.5, 0.6) is 0 Å². The Morgan fingerprint density at radius 2 is 1.78 bits per heavy atom. The van der Waals surface area contributed by atoms with Gasteiger partial charge in [0.15, 0.2) is 0 Å². The van der Waals surface area contributed by atoms with Crippen LogP contribution in [-0.4, -0.2) is 22.9 Å². The van der Waals surface area contributed by atoms with Gasteiger partial charge in [0.25, 0.3) is 0 Å². The molecule has 1 aliphatic rings. The predicted molar refractivity (Wildman–Crippen MR) is 74.8 cm³/mol. The van der Waals surface area contributed by atoms with Gasteiger partial charge in [-0.3, -0.25) is 4.79 Å². The Labute approximate surface area is 114 Å². The van der Waals surface area contributed by atoms with Crippen LogP contribution in [0.15, 0.2) is 24.3 Å². The molecule has 2 rings (SSSR count). The molecule has 1 aromatic rings. The molecular weight excluding hydrogens is 246 g/mol. The summed E-state index contributed by atoms with van der Waals surface area (Å²) >= 11 is 5.85. The van der Waals surface area contributed by atoms with Crippen molar-refractivity contribution in [3.63, 3.8) is 0 Å². The summed E-state index contributed by atoms with van der Waals surface area (Å²) in [7, 11) is 0. The number of carbonyl (C=O) groups excluding carboxylic acids is 1. The molecule has 1 fully saturated rings. The zero-order chi connectivity index (χ0) is 13.1. The van der Waals surface area contributed by atoms with Gasteiger partial charge in [-0.05, 0) is 50.8 Å². The maximum atomic E-state index is 12.4. The summed E-state index contributed by atoms with van der Waals surface area (Å²) in [5.41, 5.74) is 1.04. The number of carbonyl (C=O) groups is 1. The van der Waals surface area contributed by atoms with Crippen molar-refractivity contribution in [3.8, 4) is 0 Å². The van der Waals surface area contributed by atoms with Gasteiger partial charge in [-0.2, -0.15) is 0 Å². The van der Waals surface area contributed by atoms with Crippen molar-refractivity contribution in [2.45, 2.75) is 51.6 Å². The molecule has 1 heterocycles. The van der Waals surface area contributed by atoms with E-state index in [1.165, 1.54) is 6.42 Å². The minimum absolute atomic E-state index is 0.233. The van der Waals surface area contributed by atoms with E-state index in [0.717, 1.165) is 18.4 Å². The van der Waals surface area contributed by atoms with Crippen molar-refractivity contribution < 1.29 is 4.79 Å². The monoisotopic (exact) mass is 265 g/mol. The average molecular weight is 266 g/mol. The Kier molecular flexibility index (Phi) is 4.28. The minimum atomic E-state index is 0.233. The largest absolute Gasteiger partial charge is 0.337 e. The average Bonchev–Trinajstić information content (AvgIpc) is 2.32. The first-order valence-corrected chi connectivity index (χ1v) is 7.01. The Morgan fingerprint density at radius 3 is 2.33 bits per heavy atom. The number of nitrogens with zero attached hydrogens (tertiary/aromatic N) is 1. The molecule has 0 aromatic heterocycles. The molecule has 0 unspecified atom stereocenters. The van der Waals surface area contributed by atoms with Gasteiger partial charge in [-0.1, -0.05) is 23.7 Å². The van der Waals surface area contributed by atoms with E-state index in [-0.39, 0.29) is 5.91 Å². The standard InChI is InChI=1S/C15H20ClNO/c1-11-4-3-5-12(2)17(11)15(18)10-13-6-8-14(16)9-7-13/h6-9,11-12H,3-5,10H2,1-2H3/t11-,12-/m1/s1. The van der Waals surface area contributed by atoms with Crippen LogP contribution in [0.4, 0.5) is 0 Å². The van der Waals surface area contributed by atoms with E-state index < -0.39 is 0 Å². The van der Waals surface area contributed by atoms with E-state index in [1.54, 1.807) is 0 Å². The van der Waals surface area contributed by atoms with Crippen LogP contribution in [0.25, 0.3) is 0 Å². The number of amides is 1. The molecule has 0 bridgehead atoms. The highest BCUT2D eigenvalue weighted by Gasteiger charge is 2.28. The van der Waals surface area contributed by atoms with E-state index in [4.69, 9.17) is 11.6 Å². The Bertz CT molecular complexity index is 405. The molecule has 1 aromatic carbocycles. The first-order chi connectivity index (χ1) is 8.58. The summed E-state index contributed by atoms with van der Waals surface area (Å²) in [6.07, 6.45) is 3.95. The summed E-state index contributed by atoms with van der Waals surface area (Å²) in [5.74, 6) is 0.233. The van der Waals surface area contributed by atoms with E-state index in [9.17, 15) is 4.79 Å². The number of piperidine rings is 1. The van der Waals surface area contributed by atoms with Crippen molar-refractivity contribution in [1.29, 1.82) is 0 Å². The van der Waals surface area contributed by atoms with Gasteiger partial charge in [0.1, 0.15) is 0 Å². The van der Waals surface area contributed by atoms with Crippen LogP contribution >= 0.6 is 11.6 Å². The lowest BCUT2D eigenvalue weighted by Gasteiger charge is -2.39. The number of hydrogen-bond acceptors (Lipinski definition) is 1. The second-order valence-corrected chi connectivity index (χ2v) is 5.67. The van der Waals surface area contributed by atoms with Gasteiger partial charge in [-0.25, -0.2) is 0 Å². The summed E-state index contributed by atoms with van der Waals surface area (Å²) < 4.78 is 0. The van der Waals surface area contributed by atoms with Crippen molar-refractivity contribution >= 4 is 17.5 Å². The van der Waals surface area contributed by atoms with Gasteiger partial charge < -0.3 is 4.90 Å². The smallest absolute Gasteiger partial charge is 0.227 e. The van der Waals surface area contributed by atoms with Crippen LogP contribution in [0.2, 0.25) is 5.02 Å². The molecule has 3 heteroatoms. The minimum Gasteiger partial charge on any atom is -0.337 e. The van der Waals surface area contributed by atoms with Gasteiger partial charge >= 0.3 is 0 Å². The number of benzene rings is 1. The topological polar surface area (TPSA) is 20.3 Å². The molecule has 2 nitrogen and oxygen atoms in total. The first-order valence-electron chi connectivity index (χ1n) is 6.63. The second kappa shape index (κ2) is 5.75. The number of likely N-dealkylation sites (tertiary alicyclic amines) is 1. The molecular formula is C15H20ClNO. The maximum Gasteiger partial charge on any atom is 0.227 e. The third-order valence-corrected chi connectivity index (χ3v) is 4.00. The third kappa shape index (κ3) is 3.05. The zero-order valence-electron chi connectivity index (χ0n) is 11.0. The van der Waals surface area contributed by atoms with Crippen LogP contribution in [0.1, 0.15) is 38.7 Å².